The molecule has 0 amide bonds. The Hall–Kier alpha value is -2.42. The first kappa shape index (κ1) is 16.0. The van der Waals surface area contributed by atoms with Crippen LogP contribution in [0.3, 0.4) is 0 Å². The van der Waals surface area contributed by atoms with Gasteiger partial charge in [-0.25, -0.2) is 17.2 Å². The zero-order valence-electron chi connectivity index (χ0n) is 10.8. The maximum Gasteiger partial charge on any atom is 0.305 e. The molecule has 5 nitrogen and oxygen atoms in total. The molecule has 22 heavy (non-hydrogen) atoms. The minimum atomic E-state index is -4.06. The summed E-state index contributed by atoms with van der Waals surface area (Å²) in [5.74, 6) is -4.17. The molecule has 0 N–H and O–H groups in total. The summed E-state index contributed by atoms with van der Waals surface area (Å²) in [5.41, 5.74) is -1.57. The van der Waals surface area contributed by atoms with Gasteiger partial charge in [0.2, 0.25) is 5.82 Å². The van der Waals surface area contributed by atoms with E-state index >= 15 is 0 Å². The fourth-order valence-corrected chi connectivity index (χ4v) is 3.11. The summed E-state index contributed by atoms with van der Waals surface area (Å²) >= 11 is 0. The minimum Gasteiger partial charge on any atom is -0.258 e. The maximum absolute atomic E-state index is 13.6. The van der Waals surface area contributed by atoms with Gasteiger partial charge in [-0.1, -0.05) is 0 Å². The van der Waals surface area contributed by atoms with Gasteiger partial charge in [0.25, 0.3) is 0 Å². The van der Waals surface area contributed by atoms with Crippen molar-refractivity contribution in [3.05, 3.63) is 69.5 Å². The van der Waals surface area contributed by atoms with Crippen LogP contribution < -0.4 is 0 Å². The first-order chi connectivity index (χ1) is 10.2. The lowest BCUT2D eigenvalue weighted by molar-refractivity contribution is -0.387. The lowest BCUT2D eigenvalue weighted by atomic mass is 10.2. The van der Waals surface area contributed by atoms with Gasteiger partial charge in [-0.3, -0.25) is 10.1 Å². The molecule has 0 radical (unpaired) electrons. The largest absolute Gasteiger partial charge is 0.305 e. The van der Waals surface area contributed by atoms with Crippen molar-refractivity contribution in [3.8, 4) is 0 Å². The molecule has 2 aromatic carbocycles. The molecule has 0 aromatic heterocycles. The summed E-state index contributed by atoms with van der Waals surface area (Å²) in [5, 5.41) is 10.6. The smallest absolute Gasteiger partial charge is 0.258 e. The van der Waals surface area contributed by atoms with E-state index in [1.54, 1.807) is 0 Å². The number of benzene rings is 2. The van der Waals surface area contributed by atoms with Crippen molar-refractivity contribution in [2.45, 2.75) is 10.6 Å². The Balaban J connectivity index is 2.43. The molecule has 0 aliphatic carbocycles. The van der Waals surface area contributed by atoms with Crippen molar-refractivity contribution in [1.82, 2.24) is 0 Å². The van der Waals surface area contributed by atoms with E-state index in [1.807, 2.05) is 0 Å². The second-order valence-electron chi connectivity index (χ2n) is 4.37. The Morgan fingerprint density at radius 1 is 1.00 bits per heavy atom. The van der Waals surface area contributed by atoms with E-state index in [0.717, 1.165) is 24.3 Å². The fourth-order valence-electron chi connectivity index (χ4n) is 1.76. The Bertz CT molecular complexity index is 835. The molecule has 0 bridgehead atoms. The van der Waals surface area contributed by atoms with Crippen LogP contribution in [0.5, 0.6) is 0 Å². The van der Waals surface area contributed by atoms with Crippen LogP contribution >= 0.6 is 0 Å². The quantitative estimate of drug-likeness (QED) is 0.490. The molecule has 0 atom stereocenters. The molecule has 0 spiro atoms. The minimum absolute atomic E-state index is 0.258. The third-order valence-corrected chi connectivity index (χ3v) is 4.51. The Morgan fingerprint density at radius 3 is 2.14 bits per heavy atom. The topological polar surface area (TPSA) is 77.3 Å². The van der Waals surface area contributed by atoms with Crippen LogP contribution in [0.25, 0.3) is 0 Å². The number of rotatable bonds is 4. The van der Waals surface area contributed by atoms with Crippen molar-refractivity contribution in [2.75, 3.05) is 0 Å². The highest BCUT2D eigenvalue weighted by molar-refractivity contribution is 7.90. The van der Waals surface area contributed by atoms with Gasteiger partial charge in [0.15, 0.2) is 9.84 Å². The lowest BCUT2D eigenvalue weighted by Crippen LogP contribution is -2.08. The molecule has 0 unspecified atom stereocenters. The Labute approximate surface area is 123 Å². The number of nitrogens with zero attached hydrogens (tertiary/aromatic N) is 1. The SMILES string of the molecule is O=[N+]([O-])c1cc(CS(=O)(=O)c2ccc(F)cc2)c(F)cc1F. The number of nitro groups is 1. The number of hydrogen-bond donors (Lipinski definition) is 0. The monoisotopic (exact) mass is 331 g/mol. The van der Waals surface area contributed by atoms with Gasteiger partial charge in [0.1, 0.15) is 11.6 Å². The van der Waals surface area contributed by atoms with E-state index in [4.69, 9.17) is 0 Å². The lowest BCUT2D eigenvalue weighted by Gasteiger charge is -2.06. The molecule has 9 heteroatoms. The number of sulfone groups is 1. The average Bonchev–Trinajstić information content (AvgIpc) is 2.41. The highest BCUT2D eigenvalue weighted by Gasteiger charge is 2.23. The van der Waals surface area contributed by atoms with Crippen LogP contribution in [0.15, 0.2) is 41.3 Å². The first-order valence-corrected chi connectivity index (χ1v) is 7.46. The van der Waals surface area contributed by atoms with Crippen LogP contribution in [-0.2, 0) is 15.6 Å². The van der Waals surface area contributed by atoms with Crippen molar-refractivity contribution >= 4 is 15.5 Å². The third kappa shape index (κ3) is 3.25. The Kier molecular flexibility index (Phi) is 4.18. The van der Waals surface area contributed by atoms with Crippen LogP contribution in [0.4, 0.5) is 18.9 Å². The second-order valence-corrected chi connectivity index (χ2v) is 6.35. The number of hydrogen-bond acceptors (Lipinski definition) is 4. The second kappa shape index (κ2) is 5.76. The van der Waals surface area contributed by atoms with Gasteiger partial charge in [0, 0.05) is 17.7 Å². The first-order valence-electron chi connectivity index (χ1n) is 5.81. The molecule has 116 valence electrons. The van der Waals surface area contributed by atoms with Gasteiger partial charge in [-0.15, -0.1) is 0 Å². The summed E-state index contributed by atoms with van der Waals surface area (Å²) in [7, 11) is -4.06. The summed E-state index contributed by atoms with van der Waals surface area (Å²) in [6.45, 7) is 0. The molecular formula is C13H8F3NO4S. The molecule has 0 aliphatic heterocycles. The predicted molar refractivity (Wildman–Crippen MR) is 70.3 cm³/mol. The van der Waals surface area contributed by atoms with Gasteiger partial charge in [-0.2, -0.15) is 4.39 Å². The summed E-state index contributed by atoms with van der Waals surface area (Å²) in [6.07, 6.45) is 0. The summed E-state index contributed by atoms with van der Waals surface area (Å²) in [6, 6.07) is 4.59. The van der Waals surface area contributed by atoms with E-state index in [0.29, 0.717) is 6.07 Å². The van der Waals surface area contributed by atoms with Crippen molar-refractivity contribution < 1.29 is 26.5 Å². The zero-order chi connectivity index (χ0) is 16.5. The van der Waals surface area contributed by atoms with E-state index in [-0.39, 0.29) is 11.0 Å². The van der Waals surface area contributed by atoms with Gasteiger partial charge in [0.05, 0.1) is 15.6 Å². The van der Waals surface area contributed by atoms with E-state index in [2.05, 4.69) is 0 Å². The molecule has 0 saturated heterocycles. The Morgan fingerprint density at radius 2 is 1.59 bits per heavy atom. The molecule has 0 fully saturated rings. The van der Waals surface area contributed by atoms with Crippen LogP contribution in [0.2, 0.25) is 0 Å². The third-order valence-electron chi connectivity index (χ3n) is 2.83. The maximum atomic E-state index is 13.6. The van der Waals surface area contributed by atoms with Gasteiger partial charge in [-0.05, 0) is 24.3 Å². The zero-order valence-corrected chi connectivity index (χ0v) is 11.6. The normalized spacial score (nSPS) is 11.4. The molecule has 0 aliphatic rings. The van der Waals surface area contributed by atoms with Gasteiger partial charge < -0.3 is 0 Å². The molecule has 0 saturated carbocycles. The number of halogens is 3. The van der Waals surface area contributed by atoms with Crippen molar-refractivity contribution in [1.29, 1.82) is 0 Å². The molecule has 2 aromatic rings. The highest BCUT2D eigenvalue weighted by Crippen LogP contribution is 2.25. The molecular weight excluding hydrogens is 323 g/mol. The van der Waals surface area contributed by atoms with Crippen LogP contribution in [0, 0.1) is 27.6 Å². The molecule has 2 rings (SSSR count). The van der Waals surface area contributed by atoms with Gasteiger partial charge >= 0.3 is 5.69 Å². The average molecular weight is 331 g/mol. The molecule has 0 heterocycles. The predicted octanol–water partition coefficient (Wildman–Crippen LogP) is 2.99. The summed E-state index contributed by atoms with van der Waals surface area (Å²) in [4.78, 5) is 9.25. The standard InChI is InChI=1S/C13H8F3NO4S/c14-9-1-3-10(4-2-9)22(20,21)7-8-5-13(17(18)19)12(16)6-11(8)15/h1-6H,7H2. The van der Waals surface area contributed by atoms with Crippen molar-refractivity contribution in [2.24, 2.45) is 0 Å². The van der Waals surface area contributed by atoms with E-state index < -0.39 is 49.2 Å². The van der Waals surface area contributed by atoms with Crippen LogP contribution in [-0.4, -0.2) is 13.3 Å². The van der Waals surface area contributed by atoms with E-state index in [1.165, 1.54) is 0 Å². The summed E-state index contributed by atoms with van der Waals surface area (Å²) < 4.78 is 63.8. The van der Waals surface area contributed by atoms with Crippen LogP contribution in [0.1, 0.15) is 5.56 Å². The van der Waals surface area contributed by atoms with E-state index in [9.17, 15) is 31.7 Å². The highest BCUT2D eigenvalue weighted by atomic mass is 32.2. The number of nitro benzene ring substituents is 1. The van der Waals surface area contributed by atoms with Crippen molar-refractivity contribution in [3.63, 3.8) is 0 Å². The fraction of sp³-hybridized carbons (Fsp3) is 0.0769.